The fraction of sp³-hybridized carbons (Fsp3) is 0.462. The third kappa shape index (κ3) is 1.90. The highest BCUT2D eigenvalue weighted by Crippen LogP contribution is 2.33. The maximum absolute atomic E-state index is 9.29. The lowest BCUT2D eigenvalue weighted by Crippen LogP contribution is -2.27. The number of benzene rings is 1. The summed E-state index contributed by atoms with van der Waals surface area (Å²) in [6.45, 7) is 3.31. The Hall–Kier alpha value is -1.14. The van der Waals surface area contributed by atoms with Gasteiger partial charge in [-0.1, -0.05) is 6.07 Å². The summed E-state index contributed by atoms with van der Waals surface area (Å²) >= 11 is 1.65. The Morgan fingerprint density at radius 1 is 1.50 bits per heavy atom. The van der Waals surface area contributed by atoms with E-state index in [1.165, 1.54) is 12.8 Å². The second kappa shape index (κ2) is 4.80. The Balaban J connectivity index is 2.44. The summed E-state index contributed by atoms with van der Waals surface area (Å²) < 4.78 is 0. The number of nitriles is 1. The molecule has 0 N–H and O–H groups in total. The van der Waals surface area contributed by atoms with Gasteiger partial charge < -0.3 is 4.90 Å². The molecule has 0 aliphatic carbocycles. The van der Waals surface area contributed by atoms with E-state index in [0.717, 1.165) is 22.7 Å². The van der Waals surface area contributed by atoms with Crippen LogP contribution in [0.5, 0.6) is 0 Å². The summed E-state index contributed by atoms with van der Waals surface area (Å²) in [4.78, 5) is 3.44. The van der Waals surface area contributed by atoms with Crippen molar-refractivity contribution in [1.82, 2.24) is 0 Å². The summed E-state index contributed by atoms with van der Waals surface area (Å²) in [5.74, 6) is 0. The van der Waals surface area contributed by atoms with Gasteiger partial charge in [0.05, 0.1) is 11.3 Å². The van der Waals surface area contributed by atoms with Crippen molar-refractivity contribution in [2.45, 2.75) is 30.7 Å². The Morgan fingerprint density at radius 2 is 2.31 bits per heavy atom. The van der Waals surface area contributed by atoms with Gasteiger partial charge in [-0.2, -0.15) is 5.26 Å². The van der Waals surface area contributed by atoms with Crippen molar-refractivity contribution in [1.29, 1.82) is 5.26 Å². The van der Waals surface area contributed by atoms with Crippen LogP contribution in [0.25, 0.3) is 0 Å². The minimum Gasteiger partial charge on any atom is -0.368 e. The van der Waals surface area contributed by atoms with Crippen molar-refractivity contribution in [2.24, 2.45) is 0 Å². The summed E-state index contributed by atoms with van der Waals surface area (Å²) in [6, 6.07) is 9.05. The molecule has 0 amide bonds. The van der Waals surface area contributed by atoms with Gasteiger partial charge in [-0.25, -0.2) is 0 Å². The van der Waals surface area contributed by atoms with Gasteiger partial charge in [-0.3, -0.25) is 0 Å². The summed E-state index contributed by atoms with van der Waals surface area (Å²) in [5, 5.41) is 9.29. The Labute approximate surface area is 101 Å². The Bertz CT molecular complexity index is 422. The van der Waals surface area contributed by atoms with E-state index in [1.807, 2.05) is 18.4 Å². The van der Waals surface area contributed by atoms with Crippen molar-refractivity contribution in [3.8, 4) is 6.07 Å². The third-order valence-electron chi connectivity index (χ3n) is 3.20. The first-order valence-corrected chi connectivity index (χ1v) is 6.84. The van der Waals surface area contributed by atoms with Crippen LogP contribution in [0.15, 0.2) is 23.1 Å². The van der Waals surface area contributed by atoms with Gasteiger partial charge in [0.25, 0.3) is 0 Å². The summed E-state index contributed by atoms with van der Waals surface area (Å²) in [5.41, 5.74) is 1.95. The van der Waals surface area contributed by atoms with Gasteiger partial charge in [0.1, 0.15) is 6.07 Å². The van der Waals surface area contributed by atoms with E-state index in [4.69, 9.17) is 0 Å². The van der Waals surface area contributed by atoms with Crippen molar-refractivity contribution < 1.29 is 0 Å². The molecule has 1 aliphatic heterocycles. The molecule has 1 heterocycles. The molecule has 1 saturated heterocycles. The third-order valence-corrected chi connectivity index (χ3v) is 3.98. The molecule has 3 heteroatoms. The van der Waals surface area contributed by atoms with Gasteiger partial charge in [0.2, 0.25) is 0 Å². The smallest absolute Gasteiger partial charge is 0.103 e. The van der Waals surface area contributed by atoms with Gasteiger partial charge in [-0.15, -0.1) is 11.8 Å². The number of anilines is 1. The summed E-state index contributed by atoms with van der Waals surface area (Å²) in [7, 11) is 0. The lowest BCUT2D eigenvalue weighted by molar-refractivity contribution is 0.734. The van der Waals surface area contributed by atoms with Crippen molar-refractivity contribution >= 4 is 17.4 Å². The second-order valence-corrected chi connectivity index (χ2v) is 5.00. The molecule has 0 saturated carbocycles. The van der Waals surface area contributed by atoms with Crippen LogP contribution in [-0.4, -0.2) is 18.8 Å². The van der Waals surface area contributed by atoms with E-state index in [-0.39, 0.29) is 0 Å². The van der Waals surface area contributed by atoms with Crippen LogP contribution in [-0.2, 0) is 0 Å². The number of hydrogen-bond donors (Lipinski definition) is 0. The predicted octanol–water partition coefficient (Wildman–Crippen LogP) is 3.27. The number of nitrogens with zero attached hydrogens (tertiary/aromatic N) is 2. The first-order chi connectivity index (χ1) is 7.77. The average Bonchev–Trinajstić information content (AvgIpc) is 2.74. The number of hydrogen-bond acceptors (Lipinski definition) is 3. The van der Waals surface area contributed by atoms with Gasteiger partial charge in [0.15, 0.2) is 0 Å². The predicted molar refractivity (Wildman–Crippen MR) is 69.0 cm³/mol. The molecule has 0 aromatic heterocycles. The fourth-order valence-corrected chi connectivity index (χ4v) is 2.90. The minimum absolute atomic E-state index is 0.559. The number of rotatable bonds is 2. The molecule has 1 aromatic rings. The van der Waals surface area contributed by atoms with E-state index in [0.29, 0.717) is 6.04 Å². The zero-order valence-corrected chi connectivity index (χ0v) is 10.5. The molecule has 1 fully saturated rings. The van der Waals surface area contributed by atoms with Crippen LogP contribution in [0.2, 0.25) is 0 Å². The van der Waals surface area contributed by atoms with Crippen molar-refractivity contribution in [2.75, 3.05) is 17.7 Å². The van der Waals surface area contributed by atoms with E-state index >= 15 is 0 Å². The van der Waals surface area contributed by atoms with Gasteiger partial charge >= 0.3 is 0 Å². The topological polar surface area (TPSA) is 27.0 Å². The van der Waals surface area contributed by atoms with Crippen LogP contribution in [0.1, 0.15) is 25.3 Å². The van der Waals surface area contributed by atoms with Gasteiger partial charge in [-0.05, 0) is 38.2 Å². The van der Waals surface area contributed by atoms with E-state index in [9.17, 15) is 5.26 Å². The lowest BCUT2D eigenvalue weighted by atomic mass is 10.1. The zero-order valence-electron chi connectivity index (χ0n) is 9.73. The lowest BCUT2D eigenvalue weighted by Gasteiger charge is -2.25. The molecule has 1 aromatic carbocycles. The monoisotopic (exact) mass is 232 g/mol. The molecule has 16 heavy (non-hydrogen) atoms. The van der Waals surface area contributed by atoms with Crippen LogP contribution >= 0.6 is 11.8 Å². The van der Waals surface area contributed by atoms with Gasteiger partial charge in [0, 0.05) is 17.5 Å². The molecule has 1 aliphatic rings. The molecule has 0 bridgehead atoms. The van der Waals surface area contributed by atoms with E-state index in [2.05, 4.69) is 24.0 Å². The molecule has 1 unspecified atom stereocenters. The first kappa shape index (κ1) is 11.3. The minimum atomic E-state index is 0.559. The first-order valence-electron chi connectivity index (χ1n) is 5.61. The highest BCUT2D eigenvalue weighted by Gasteiger charge is 2.23. The van der Waals surface area contributed by atoms with Crippen LogP contribution < -0.4 is 4.90 Å². The molecule has 2 rings (SSSR count). The highest BCUT2D eigenvalue weighted by atomic mass is 32.2. The SMILES string of the molecule is CSc1cccc(N2CCCC2C)c1C#N. The zero-order chi connectivity index (χ0) is 11.5. The molecule has 84 valence electrons. The Kier molecular flexibility index (Phi) is 3.40. The van der Waals surface area contributed by atoms with Crippen LogP contribution in [0.3, 0.4) is 0 Å². The van der Waals surface area contributed by atoms with Crippen molar-refractivity contribution in [3.63, 3.8) is 0 Å². The maximum Gasteiger partial charge on any atom is 0.103 e. The molecule has 2 nitrogen and oxygen atoms in total. The normalized spacial score (nSPS) is 19.8. The molecule has 1 atom stereocenters. The van der Waals surface area contributed by atoms with Crippen molar-refractivity contribution in [3.05, 3.63) is 23.8 Å². The molecule has 0 radical (unpaired) electrons. The van der Waals surface area contributed by atoms with Crippen LogP contribution in [0.4, 0.5) is 5.69 Å². The largest absolute Gasteiger partial charge is 0.368 e. The average molecular weight is 232 g/mol. The number of thioether (sulfide) groups is 1. The standard InChI is InChI=1S/C13H16N2S/c1-10-5-4-8-15(10)12-6-3-7-13(16-2)11(12)9-14/h3,6-7,10H,4-5,8H2,1-2H3. The highest BCUT2D eigenvalue weighted by molar-refractivity contribution is 7.98. The molecular weight excluding hydrogens is 216 g/mol. The van der Waals surface area contributed by atoms with E-state index in [1.54, 1.807) is 11.8 Å². The quantitative estimate of drug-likeness (QED) is 0.732. The maximum atomic E-state index is 9.29. The fourth-order valence-electron chi connectivity index (χ4n) is 2.33. The summed E-state index contributed by atoms with van der Waals surface area (Å²) in [6.07, 6.45) is 4.48. The van der Waals surface area contributed by atoms with Crippen LogP contribution in [0, 0.1) is 11.3 Å². The second-order valence-electron chi connectivity index (χ2n) is 4.15. The van der Waals surface area contributed by atoms with E-state index < -0.39 is 0 Å². The Morgan fingerprint density at radius 3 is 2.88 bits per heavy atom. The molecular formula is C13H16N2S. The molecule has 0 spiro atoms.